The summed E-state index contributed by atoms with van der Waals surface area (Å²) in [6, 6.07) is 9.22. The molecule has 2 atom stereocenters. The Morgan fingerprint density at radius 2 is 2.21 bits per heavy atom. The molecule has 0 bridgehead atoms. The number of carbonyl (C=O) groups is 1. The number of amides is 1. The zero-order valence-electron chi connectivity index (χ0n) is 11.6. The maximum atomic E-state index is 11.1. The molecule has 1 aromatic rings. The van der Waals surface area contributed by atoms with Crippen molar-refractivity contribution >= 4 is 11.6 Å². The second-order valence-electron chi connectivity index (χ2n) is 6.11. The Kier molecular flexibility index (Phi) is 3.00. The van der Waals surface area contributed by atoms with Gasteiger partial charge in [0.1, 0.15) is 0 Å². The third-order valence-corrected chi connectivity index (χ3v) is 4.96. The highest BCUT2D eigenvalue weighted by atomic mass is 16.1. The van der Waals surface area contributed by atoms with Gasteiger partial charge in [-0.2, -0.15) is 0 Å². The zero-order valence-corrected chi connectivity index (χ0v) is 11.6. The van der Waals surface area contributed by atoms with Crippen molar-refractivity contribution in [3.05, 3.63) is 29.8 Å². The summed E-state index contributed by atoms with van der Waals surface area (Å²) in [5.74, 6) is -0.207. The van der Waals surface area contributed by atoms with Crippen molar-refractivity contribution in [1.29, 1.82) is 0 Å². The first kappa shape index (κ1) is 12.5. The van der Waals surface area contributed by atoms with Crippen LogP contribution in [-0.2, 0) is 10.2 Å². The monoisotopic (exact) mass is 258 g/mol. The second kappa shape index (κ2) is 4.55. The van der Waals surface area contributed by atoms with Gasteiger partial charge in [-0.25, -0.2) is 0 Å². The van der Waals surface area contributed by atoms with Crippen LogP contribution in [-0.4, -0.2) is 18.5 Å². The van der Waals surface area contributed by atoms with Crippen molar-refractivity contribution in [3.8, 4) is 0 Å². The van der Waals surface area contributed by atoms with Crippen LogP contribution < -0.4 is 10.6 Å². The van der Waals surface area contributed by atoms with E-state index in [0.717, 1.165) is 6.54 Å². The van der Waals surface area contributed by atoms with Gasteiger partial charge in [0, 0.05) is 30.1 Å². The average molecular weight is 258 g/mol. The van der Waals surface area contributed by atoms with Crippen molar-refractivity contribution in [1.82, 2.24) is 0 Å². The molecule has 0 saturated heterocycles. The lowest BCUT2D eigenvalue weighted by Gasteiger charge is -2.40. The van der Waals surface area contributed by atoms with Crippen LogP contribution in [0.15, 0.2) is 24.3 Å². The van der Waals surface area contributed by atoms with E-state index in [1.807, 2.05) is 0 Å². The summed E-state index contributed by atoms with van der Waals surface area (Å²) in [4.78, 5) is 13.5. The molecular formula is C16H22N2O. The maximum Gasteiger partial charge on any atom is 0.219 e. The van der Waals surface area contributed by atoms with Crippen LogP contribution in [0.3, 0.4) is 0 Å². The van der Waals surface area contributed by atoms with Crippen LogP contribution in [0.4, 0.5) is 5.69 Å². The lowest BCUT2D eigenvalue weighted by Crippen LogP contribution is -2.46. The van der Waals surface area contributed by atoms with Crippen molar-refractivity contribution in [2.45, 2.75) is 50.5 Å². The van der Waals surface area contributed by atoms with Crippen LogP contribution in [0.25, 0.3) is 0 Å². The predicted molar refractivity (Wildman–Crippen MR) is 77.2 cm³/mol. The fourth-order valence-corrected chi connectivity index (χ4v) is 4.01. The average Bonchev–Trinajstić information content (AvgIpc) is 2.66. The number of hydrogen-bond donors (Lipinski definition) is 1. The van der Waals surface area contributed by atoms with E-state index in [0.29, 0.717) is 12.5 Å². The van der Waals surface area contributed by atoms with E-state index in [2.05, 4.69) is 36.1 Å². The van der Waals surface area contributed by atoms with Crippen molar-refractivity contribution in [3.63, 3.8) is 0 Å². The Hall–Kier alpha value is -1.51. The highest BCUT2D eigenvalue weighted by molar-refractivity contribution is 5.75. The van der Waals surface area contributed by atoms with Gasteiger partial charge >= 0.3 is 0 Å². The number of nitrogens with zero attached hydrogens (tertiary/aromatic N) is 1. The van der Waals surface area contributed by atoms with E-state index in [9.17, 15) is 4.79 Å². The molecule has 2 N–H and O–H groups in total. The van der Waals surface area contributed by atoms with Crippen LogP contribution in [0.1, 0.15) is 44.6 Å². The van der Waals surface area contributed by atoms with Crippen LogP contribution >= 0.6 is 0 Å². The number of para-hydroxylation sites is 1. The summed E-state index contributed by atoms with van der Waals surface area (Å²) < 4.78 is 0. The lowest BCUT2D eigenvalue weighted by atomic mass is 9.69. The Morgan fingerprint density at radius 3 is 3.00 bits per heavy atom. The van der Waals surface area contributed by atoms with Gasteiger partial charge in [-0.1, -0.05) is 38.0 Å². The van der Waals surface area contributed by atoms with Crippen LogP contribution in [0.2, 0.25) is 0 Å². The number of anilines is 1. The van der Waals surface area contributed by atoms with Gasteiger partial charge in [0.15, 0.2) is 0 Å². The van der Waals surface area contributed by atoms with Gasteiger partial charge < -0.3 is 10.6 Å². The second-order valence-corrected chi connectivity index (χ2v) is 6.11. The van der Waals surface area contributed by atoms with Crippen molar-refractivity contribution < 1.29 is 4.79 Å². The smallest absolute Gasteiger partial charge is 0.219 e. The van der Waals surface area contributed by atoms with E-state index in [1.165, 1.54) is 36.9 Å². The number of primary amides is 1. The molecule has 0 radical (unpaired) electrons. The minimum atomic E-state index is -0.207. The number of rotatable bonds is 3. The molecule has 1 aliphatic carbocycles. The summed E-state index contributed by atoms with van der Waals surface area (Å²) in [6.07, 6.45) is 5.53. The molecule has 1 aromatic carbocycles. The van der Waals surface area contributed by atoms with Gasteiger partial charge in [0.2, 0.25) is 5.91 Å². The number of nitrogens with two attached hydrogens (primary N) is 1. The quantitative estimate of drug-likeness (QED) is 0.905. The summed E-state index contributed by atoms with van der Waals surface area (Å²) in [5, 5.41) is 0. The SMILES string of the molecule is CC12CCCCC1N(CCC(N)=O)c1ccccc12. The molecule has 1 amide bonds. The van der Waals surface area contributed by atoms with Crippen LogP contribution in [0.5, 0.6) is 0 Å². The van der Waals surface area contributed by atoms with Gasteiger partial charge in [-0.3, -0.25) is 4.79 Å². The Morgan fingerprint density at radius 1 is 1.42 bits per heavy atom. The third kappa shape index (κ3) is 1.92. The molecule has 3 nitrogen and oxygen atoms in total. The molecule has 102 valence electrons. The minimum absolute atomic E-state index is 0.207. The highest BCUT2D eigenvalue weighted by Gasteiger charge is 2.48. The fraction of sp³-hybridized carbons (Fsp3) is 0.562. The number of hydrogen-bond acceptors (Lipinski definition) is 2. The summed E-state index contributed by atoms with van der Waals surface area (Å²) in [7, 11) is 0. The van der Waals surface area contributed by atoms with E-state index in [4.69, 9.17) is 5.73 Å². The largest absolute Gasteiger partial charge is 0.370 e. The molecular weight excluding hydrogens is 236 g/mol. The van der Waals surface area contributed by atoms with Gasteiger partial charge in [0.05, 0.1) is 0 Å². The zero-order chi connectivity index (χ0) is 13.5. The topological polar surface area (TPSA) is 46.3 Å². The summed E-state index contributed by atoms with van der Waals surface area (Å²) in [5.41, 5.74) is 8.36. The minimum Gasteiger partial charge on any atom is -0.370 e. The van der Waals surface area contributed by atoms with Crippen molar-refractivity contribution in [2.75, 3.05) is 11.4 Å². The Balaban J connectivity index is 1.97. The van der Waals surface area contributed by atoms with Crippen LogP contribution in [0, 0.1) is 0 Å². The molecule has 0 spiro atoms. The van der Waals surface area contributed by atoms with E-state index in [1.54, 1.807) is 0 Å². The normalized spacial score (nSPS) is 28.9. The molecule has 1 aliphatic heterocycles. The molecule has 3 heteroatoms. The molecule has 19 heavy (non-hydrogen) atoms. The van der Waals surface area contributed by atoms with E-state index in [-0.39, 0.29) is 11.3 Å². The van der Waals surface area contributed by atoms with Crippen molar-refractivity contribution in [2.24, 2.45) is 5.73 Å². The molecule has 1 heterocycles. The number of carbonyl (C=O) groups excluding carboxylic acids is 1. The molecule has 2 unspecified atom stereocenters. The molecule has 0 aromatic heterocycles. The first-order chi connectivity index (χ1) is 9.13. The third-order valence-electron chi connectivity index (χ3n) is 4.96. The van der Waals surface area contributed by atoms with Gasteiger partial charge in [0.25, 0.3) is 0 Å². The Bertz CT molecular complexity index is 499. The first-order valence-electron chi connectivity index (χ1n) is 7.27. The molecule has 1 saturated carbocycles. The summed E-state index contributed by atoms with van der Waals surface area (Å²) in [6.45, 7) is 3.15. The molecule has 3 rings (SSSR count). The fourth-order valence-electron chi connectivity index (χ4n) is 4.01. The highest BCUT2D eigenvalue weighted by Crippen LogP contribution is 2.51. The standard InChI is InChI=1S/C16H22N2O/c1-16-10-5-4-8-14(16)18(11-9-15(17)19)13-7-3-2-6-12(13)16/h2-3,6-7,14H,4-5,8-11H2,1H3,(H2,17,19). The van der Waals surface area contributed by atoms with E-state index >= 15 is 0 Å². The number of fused-ring (bicyclic) bond motifs is 3. The maximum absolute atomic E-state index is 11.1. The predicted octanol–water partition coefficient (Wildman–Crippen LogP) is 2.58. The first-order valence-corrected chi connectivity index (χ1v) is 7.27. The van der Waals surface area contributed by atoms with E-state index < -0.39 is 0 Å². The molecule has 1 fully saturated rings. The molecule has 2 aliphatic rings. The van der Waals surface area contributed by atoms with Gasteiger partial charge in [-0.15, -0.1) is 0 Å². The summed E-state index contributed by atoms with van der Waals surface area (Å²) >= 11 is 0. The number of benzene rings is 1. The van der Waals surface area contributed by atoms with Gasteiger partial charge in [-0.05, 0) is 24.5 Å². The lowest BCUT2D eigenvalue weighted by molar-refractivity contribution is -0.117. The Labute approximate surface area is 114 Å².